The molecule has 2 aromatic carbocycles. The number of pyridine rings is 1. The molecule has 3 unspecified atom stereocenters. The van der Waals surface area contributed by atoms with Gasteiger partial charge in [0.15, 0.2) is 11.5 Å². The van der Waals surface area contributed by atoms with E-state index in [0.29, 0.717) is 43.3 Å². The summed E-state index contributed by atoms with van der Waals surface area (Å²) < 4.78 is 19.2. The summed E-state index contributed by atoms with van der Waals surface area (Å²) in [7, 11) is 7.94. The van der Waals surface area contributed by atoms with E-state index in [-0.39, 0.29) is 24.8 Å². The first-order valence-electron chi connectivity index (χ1n) is 16.3. The third-order valence-corrected chi connectivity index (χ3v) is 8.96. The van der Waals surface area contributed by atoms with Crippen LogP contribution in [0.5, 0.6) is 17.2 Å². The number of carbonyl (C=O) groups excluding carboxylic acids is 1. The second kappa shape index (κ2) is 14.6. The number of likely N-dealkylation sites (tertiary alicyclic amines) is 1. The van der Waals surface area contributed by atoms with Gasteiger partial charge in [0.2, 0.25) is 24.0 Å². The predicted molar refractivity (Wildman–Crippen MR) is 179 cm³/mol. The lowest BCUT2D eigenvalue weighted by atomic mass is 9.84. The van der Waals surface area contributed by atoms with Gasteiger partial charge in [-0.2, -0.15) is 0 Å². The van der Waals surface area contributed by atoms with E-state index in [1.165, 1.54) is 13.2 Å². The number of carbonyl (C=O) groups is 2. The lowest BCUT2D eigenvalue weighted by molar-refractivity contribution is -0.884. The summed E-state index contributed by atoms with van der Waals surface area (Å²) >= 11 is 0. The lowest BCUT2D eigenvalue weighted by Crippen LogP contribution is -2.45. The minimum absolute atomic E-state index is 0.0413. The van der Waals surface area contributed by atoms with Gasteiger partial charge in [0.1, 0.15) is 6.54 Å². The summed E-state index contributed by atoms with van der Waals surface area (Å²) in [5.74, 6) is -0.876. The van der Waals surface area contributed by atoms with Gasteiger partial charge < -0.3 is 33.3 Å². The Labute approximate surface area is 276 Å². The van der Waals surface area contributed by atoms with E-state index in [9.17, 15) is 19.5 Å². The Morgan fingerprint density at radius 2 is 1.89 bits per heavy atom. The van der Waals surface area contributed by atoms with Gasteiger partial charge in [0, 0.05) is 55.1 Å². The van der Waals surface area contributed by atoms with Crippen molar-refractivity contribution in [1.29, 1.82) is 0 Å². The number of methoxy groups -OCH3 is 1. The molecule has 0 aliphatic carbocycles. The van der Waals surface area contributed by atoms with Crippen LogP contribution in [-0.4, -0.2) is 91.7 Å². The van der Waals surface area contributed by atoms with Crippen molar-refractivity contribution in [2.45, 2.75) is 51.2 Å². The molecule has 11 heteroatoms. The molecule has 252 valence electrons. The number of aromatic nitrogens is 1. The number of carboxylic acid groups (broad SMARTS) is 1. The van der Waals surface area contributed by atoms with E-state index in [1.54, 1.807) is 22.9 Å². The number of rotatable bonds is 14. The highest BCUT2D eigenvalue weighted by Crippen LogP contribution is 2.47. The van der Waals surface area contributed by atoms with Crippen molar-refractivity contribution in [3.05, 3.63) is 82.3 Å². The van der Waals surface area contributed by atoms with Gasteiger partial charge in [0.25, 0.3) is 0 Å². The summed E-state index contributed by atoms with van der Waals surface area (Å²) in [6.45, 7) is 4.23. The van der Waals surface area contributed by atoms with Crippen molar-refractivity contribution in [3.8, 4) is 17.2 Å². The first-order valence-corrected chi connectivity index (χ1v) is 16.3. The maximum atomic E-state index is 14.3. The Bertz CT molecular complexity index is 1630. The smallest absolute Gasteiger partial charge is 0.308 e. The van der Waals surface area contributed by atoms with Crippen molar-refractivity contribution in [3.63, 3.8) is 0 Å². The van der Waals surface area contributed by atoms with E-state index < -0.39 is 23.8 Å². The molecule has 11 nitrogen and oxygen atoms in total. The number of aliphatic carboxylic acids is 1. The minimum Gasteiger partial charge on any atom is -0.493 e. The van der Waals surface area contributed by atoms with Crippen LogP contribution in [-0.2, 0) is 22.7 Å². The van der Waals surface area contributed by atoms with Crippen LogP contribution in [0.1, 0.15) is 43.2 Å². The fourth-order valence-corrected chi connectivity index (χ4v) is 6.81. The standard InChI is InChI=1S/C36H46N4O7/c1-6-7-16-39(27-12-10-11-25(18-27)23-40(2,3)4)33(42)22-38-21-28(26-19-30(45-5)35-31(20-26)46-24-47-35)34(36(43)44)29(38)14-17-37-15-9-8-13-32(37)41/h8-13,15,18-20,28-29,34H,6-7,14,16-17,21-24H2,1-5H3/p+1. The van der Waals surface area contributed by atoms with Gasteiger partial charge in [-0.3, -0.25) is 19.3 Å². The number of benzene rings is 2. The number of unbranched alkanes of at least 4 members (excludes halogenated alkanes) is 1. The quantitative estimate of drug-likeness (QED) is 0.260. The van der Waals surface area contributed by atoms with Crippen LogP contribution in [0.2, 0.25) is 0 Å². The van der Waals surface area contributed by atoms with Crippen LogP contribution in [0.25, 0.3) is 0 Å². The molecule has 1 amide bonds. The number of hydrogen-bond acceptors (Lipinski definition) is 7. The van der Waals surface area contributed by atoms with E-state index in [2.05, 4.69) is 40.2 Å². The average molecular weight is 648 g/mol. The molecule has 0 saturated carbocycles. The Hall–Kier alpha value is -4.35. The van der Waals surface area contributed by atoms with Gasteiger partial charge in [-0.1, -0.05) is 31.5 Å². The molecule has 47 heavy (non-hydrogen) atoms. The fourth-order valence-electron chi connectivity index (χ4n) is 6.81. The maximum absolute atomic E-state index is 14.3. The van der Waals surface area contributed by atoms with Gasteiger partial charge in [-0.15, -0.1) is 0 Å². The normalized spacial score (nSPS) is 19.1. The molecule has 0 spiro atoms. The van der Waals surface area contributed by atoms with E-state index in [4.69, 9.17) is 14.2 Å². The monoisotopic (exact) mass is 647 g/mol. The number of fused-ring (bicyclic) bond motifs is 1. The molecule has 1 saturated heterocycles. The van der Waals surface area contributed by atoms with Crippen LogP contribution in [0, 0.1) is 5.92 Å². The SMILES string of the molecule is CCCCN(C(=O)CN1CC(c2cc(OC)c3c(c2)OCO3)C(C(=O)O)C1CCn1ccccc1=O)c1cccc(C[N+](C)(C)C)c1. The molecule has 3 aromatic rings. The van der Waals surface area contributed by atoms with E-state index in [1.807, 2.05) is 34.1 Å². The van der Waals surface area contributed by atoms with Crippen molar-refractivity contribution < 1.29 is 33.4 Å². The Morgan fingerprint density at radius 3 is 2.60 bits per heavy atom. The average Bonchev–Trinajstić information content (AvgIpc) is 3.64. The molecular formula is C36H47N4O7+. The first-order chi connectivity index (χ1) is 22.5. The van der Waals surface area contributed by atoms with Gasteiger partial charge in [-0.25, -0.2) is 0 Å². The first kappa shape index (κ1) is 34.0. The van der Waals surface area contributed by atoms with Crippen LogP contribution < -0.4 is 24.7 Å². The Kier molecular flexibility index (Phi) is 10.6. The summed E-state index contributed by atoms with van der Waals surface area (Å²) in [6.07, 6.45) is 3.84. The van der Waals surface area contributed by atoms with Crippen LogP contribution >= 0.6 is 0 Å². The second-order valence-corrected chi connectivity index (χ2v) is 13.5. The third-order valence-electron chi connectivity index (χ3n) is 8.96. The van der Waals surface area contributed by atoms with E-state index >= 15 is 0 Å². The second-order valence-electron chi connectivity index (χ2n) is 13.5. The van der Waals surface area contributed by atoms with Crippen LogP contribution in [0.4, 0.5) is 5.69 Å². The zero-order valence-electron chi connectivity index (χ0n) is 28.1. The number of amides is 1. The van der Waals surface area contributed by atoms with Crippen molar-refractivity contribution in [2.24, 2.45) is 5.92 Å². The highest BCUT2D eigenvalue weighted by Gasteiger charge is 2.47. The zero-order chi connectivity index (χ0) is 33.7. The predicted octanol–water partition coefficient (Wildman–Crippen LogP) is 4.18. The molecule has 1 aromatic heterocycles. The van der Waals surface area contributed by atoms with Crippen LogP contribution in [0.15, 0.2) is 65.6 Å². The largest absolute Gasteiger partial charge is 0.493 e. The van der Waals surface area contributed by atoms with Gasteiger partial charge in [-0.05, 0) is 48.7 Å². The maximum Gasteiger partial charge on any atom is 0.308 e. The highest BCUT2D eigenvalue weighted by molar-refractivity contribution is 5.95. The lowest BCUT2D eigenvalue weighted by Gasteiger charge is -2.30. The number of carboxylic acids is 1. The molecule has 1 N–H and O–H groups in total. The molecule has 2 aliphatic rings. The topological polar surface area (TPSA) is 111 Å². The van der Waals surface area contributed by atoms with Crippen molar-refractivity contribution >= 4 is 17.6 Å². The van der Waals surface area contributed by atoms with Crippen LogP contribution in [0.3, 0.4) is 0 Å². The molecule has 5 rings (SSSR count). The molecule has 0 radical (unpaired) electrons. The molecule has 3 heterocycles. The number of nitrogens with zero attached hydrogens (tertiary/aromatic N) is 4. The van der Waals surface area contributed by atoms with E-state index in [0.717, 1.165) is 40.7 Å². The number of anilines is 1. The minimum atomic E-state index is -0.956. The van der Waals surface area contributed by atoms with Gasteiger partial charge in [0.05, 0.1) is 40.7 Å². The molecule has 3 atom stereocenters. The summed E-state index contributed by atoms with van der Waals surface area (Å²) in [4.78, 5) is 43.7. The number of ether oxygens (including phenoxy) is 3. The highest BCUT2D eigenvalue weighted by atomic mass is 16.7. The molecule has 1 fully saturated rings. The summed E-state index contributed by atoms with van der Waals surface area (Å²) in [5, 5.41) is 10.7. The van der Waals surface area contributed by atoms with Gasteiger partial charge >= 0.3 is 5.97 Å². The molecule has 2 aliphatic heterocycles. The number of aryl methyl sites for hydroxylation is 1. The third kappa shape index (κ3) is 7.97. The number of hydrogen-bond donors (Lipinski definition) is 1. The zero-order valence-corrected chi connectivity index (χ0v) is 28.1. The number of quaternary nitrogens is 1. The molecular weight excluding hydrogens is 600 g/mol. The summed E-state index contributed by atoms with van der Waals surface area (Å²) in [5.41, 5.74) is 2.56. The van der Waals surface area contributed by atoms with Crippen molar-refractivity contribution in [2.75, 3.05) is 59.6 Å². The Morgan fingerprint density at radius 1 is 1.09 bits per heavy atom. The molecule has 0 bridgehead atoms. The summed E-state index contributed by atoms with van der Waals surface area (Å²) in [6, 6.07) is 16.2. The van der Waals surface area contributed by atoms with Crippen molar-refractivity contribution in [1.82, 2.24) is 9.47 Å². The Balaban J connectivity index is 1.48. The fraction of sp³-hybridized carbons (Fsp3) is 0.472.